The zero-order valence-corrected chi connectivity index (χ0v) is 21.5. The van der Waals surface area contributed by atoms with E-state index in [9.17, 15) is 29.1 Å². The fourth-order valence-corrected chi connectivity index (χ4v) is 2.56. The van der Waals surface area contributed by atoms with Crippen LogP contribution in [0.4, 0.5) is 4.79 Å². The van der Waals surface area contributed by atoms with Crippen LogP contribution in [0, 0.1) is 0 Å². The quantitative estimate of drug-likeness (QED) is 0.330. The number of hydrogen-bond donors (Lipinski definition) is 5. The Labute approximate surface area is 205 Å². The monoisotopic (exact) mass is 492 g/mol. The average molecular weight is 493 g/mol. The van der Waals surface area contributed by atoms with Crippen molar-refractivity contribution in [3.63, 3.8) is 0 Å². The van der Waals surface area contributed by atoms with Gasteiger partial charge in [0.05, 0.1) is 0 Å². The van der Waals surface area contributed by atoms with Gasteiger partial charge >= 0.3 is 12.1 Å². The first-order valence-corrected chi connectivity index (χ1v) is 11.0. The zero-order valence-electron chi connectivity index (χ0n) is 21.5. The normalized spacial score (nSPS) is 12.2. The van der Waals surface area contributed by atoms with Gasteiger partial charge in [0.25, 0.3) is 0 Å². The number of aliphatic carboxylic acids is 1. The Morgan fingerprint density at radius 2 is 1.03 bits per heavy atom. The number of carboxylic acid groups (broad SMARTS) is 1. The number of hydrogen-bond acceptors (Lipinski definition) is 6. The highest BCUT2D eigenvalue weighted by atomic mass is 16.5. The largest absolute Gasteiger partial charge is 0.480 e. The second kappa shape index (κ2) is 10.7. The van der Waals surface area contributed by atoms with E-state index in [1.54, 1.807) is 24.3 Å². The summed E-state index contributed by atoms with van der Waals surface area (Å²) in [4.78, 5) is 61.8. The topological polar surface area (TPSA) is 163 Å². The minimum atomic E-state index is -1.55. The first-order valence-electron chi connectivity index (χ1n) is 11.0. The van der Waals surface area contributed by atoms with Crippen molar-refractivity contribution >= 4 is 29.8 Å². The van der Waals surface area contributed by atoms with E-state index >= 15 is 0 Å². The van der Waals surface area contributed by atoms with Gasteiger partial charge in [0.1, 0.15) is 28.8 Å². The number of carboxylic acids is 1. The number of carbonyl (C=O) groups excluding carboxylic acids is 4. The van der Waals surface area contributed by atoms with E-state index in [4.69, 9.17) is 4.74 Å². The molecule has 194 valence electrons. The summed E-state index contributed by atoms with van der Waals surface area (Å²) in [6.07, 6.45) is -0.810. The van der Waals surface area contributed by atoms with Gasteiger partial charge in [-0.2, -0.15) is 0 Å². The van der Waals surface area contributed by atoms with Gasteiger partial charge in [0, 0.05) is 0 Å². The van der Waals surface area contributed by atoms with Gasteiger partial charge < -0.3 is 31.1 Å². The summed E-state index contributed by atoms with van der Waals surface area (Å²) < 4.78 is 5.14. The van der Waals surface area contributed by atoms with Crippen molar-refractivity contribution in [3.8, 4) is 0 Å². The lowest BCUT2D eigenvalue weighted by molar-refractivity contribution is -0.147. The Morgan fingerprint density at radius 3 is 1.43 bits per heavy atom. The molecule has 0 bridgehead atoms. The molecule has 0 spiro atoms. The molecule has 0 aliphatic heterocycles. The van der Waals surface area contributed by atoms with Crippen LogP contribution in [0.5, 0.6) is 0 Å². The van der Waals surface area contributed by atoms with E-state index in [0.29, 0.717) is 0 Å². The molecule has 1 aromatic rings. The smallest absolute Gasteiger partial charge is 0.408 e. The summed E-state index contributed by atoms with van der Waals surface area (Å²) in [5.41, 5.74) is -5.16. The van der Waals surface area contributed by atoms with E-state index in [2.05, 4.69) is 21.3 Å². The fourth-order valence-electron chi connectivity index (χ4n) is 2.56. The fraction of sp³-hybridized carbons (Fsp3) is 0.542. The number of nitrogens with one attached hydrogen (secondary N) is 4. The van der Waals surface area contributed by atoms with Crippen LogP contribution in [0.25, 0.3) is 0 Å². The van der Waals surface area contributed by atoms with E-state index in [-0.39, 0.29) is 6.61 Å². The number of carbonyl (C=O) groups is 5. The summed E-state index contributed by atoms with van der Waals surface area (Å²) in [5.74, 6) is -3.31. The summed E-state index contributed by atoms with van der Waals surface area (Å²) >= 11 is 0. The molecule has 0 saturated carbocycles. The van der Waals surface area contributed by atoms with Crippen molar-refractivity contribution in [1.29, 1.82) is 0 Å². The molecular weight excluding hydrogens is 456 g/mol. The molecule has 1 rings (SSSR count). The minimum absolute atomic E-state index is 0.0219. The van der Waals surface area contributed by atoms with Crippen molar-refractivity contribution in [3.05, 3.63) is 35.9 Å². The van der Waals surface area contributed by atoms with E-state index in [1.165, 1.54) is 55.4 Å². The average Bonchev–Trinajstić information content (AvgIpc) is 2.71. The molecule has 35 heavy (non-hydrogen) atoms. The second-order valence-electron chi connectivity index (χ2n) is 10.4. The van der Waals surface area contributed by atoms with E-state index < -0.39 is 51.9 Å². The lowest BCUT2D eigenvalue weighted by Gasteiger charge is -2.35. The van der Waals surface area contributed by atoms with Crippen LogP contribution < -0.4 is 21.3 Å². The van der Waals surface area contributed by atoms with E-state index in [1.807, 2.05) is 6.07 Å². The SMILES string of the molecule is CC(C)(NC(=O)C(C)(C)NC(=O)C(C)(C)NC(=O)C(C)(C)NC(=O)OCc1ccccc1)C(=O)O. The highest BCUT2D eigenvalue weighted by Gasteiger charge is 2.42. The molecule has 0 aliphatic carbocycles. The molecule has 0 saturated heterocycles. The van der Waals surface area contributed by atoms with Gasteiger partial charge in [-0.25, -0.2) is 9.59 Å². The van der Waals surface area contributed by atoms with Crippen molar-refractivity contribution in [2.24, 2.45) is 0 Å². The molecule has 0 heterocycles. The Kier molecular flexibility index (Phi) is 9.03. The second-order valence-corrected chi connectivity index (χ2v) is 10.4. The molecule has 0 aromatic heterocycles. The van der Waals surface area contributed by atoms with Gasteiger partial charge in [-0.05, 0) is 61.0 Å². The lowest BCUT2D eigenvalue weighted by atomic mass is 9.95. The Bertz CT molecular complexity index is 969. The molecule has 1 aromatic carbocycles. The first kappa shape index (κ1) is 29.4. The van der Waals surface area contributed by atoms with Crippen molar-refractivity contribution in [1.82, 2.24) is 21.3 Å². The summed E-state index contributed by atoms with van der Waals surface area (Å²) in [6.45, 7) is 11.2. The molecule has 0 radical (unpaired) electrons. The van der Waals surface area contributed by atoms with Crippen LogP contribution in [0.1, 0.15) is 61.0 Å². The van der Waals surface area contributed by atoms with Crippen LogP contribution in [0.2, 0.25) is 0 Å². The van der Waals surface area contributed by atoms with Crippen LogP contribution in [-0.4, -0.2) is 57.0 Å². The molecule has 11 heteroatoms. The van der Waals surface area contributed by atoms with Crippen LogP contribution >= 0.6 is 0 Å². The number of benzene rings is 1. The van der Waals surface area contributed by atoms with Crippen molar-refractivity contribution in [2.45, 2.75) is 84.2 Å². The third kappa shape index (κ3) is 8.58. The number of amides is 4. The molecule has 0 aliphatic rings. The van der Waals surface area contributed by atoms with Crippen LogP contribution in [0.15, 0.2) is 30.3 Å². The molecular formula is C24H36N4O7. The summed E-state index contributed by atoms with van der Waals surface area (Å²) in [6, 6.07) is 9.02. The standard InChI is InChI=1S/C24H36N4O7/c1-21(2,16(29)25-22(3,4)17(30)27-24(7,8)19(32)33)26-18(31)23(5,6)28-20(34)35-14-15-12-10-9-11-13-15/h9-13H,14H2,1-8H3,(H,25,29)(H,26,31)(H,27,30)(H,28,34)(H,32,33). The lowest BCUT2D eigenvalue weighted by Crippen LogP contribution is -2.67. The number of ether oxygens (including phenoxy) is 1. The Hall–Kier alpha value is -3.63. The maximum atomic E-state index is 12.9. The molecule has 11 nitrogen and oxygen atoms in total. The first-order chi connectivity index (χ1) is 15.8. The summed E-state index contributed by atoms with van der Waals surface area (Å²) in [7, 11) is 0. The third-order valence-electron chi connectivity index (χ3n) is 5.14. The molecule has 5 N–H and O–H groups in total. The highest BCUT2D eigenvalue weighted by Crippen LogP contribution is 2.13. The van der Waals surface area contributed by atoms with Crippen molar-refractivity contribution in [2.75, 3.05) is 0 Å². The summed E-state index contributed by atoms with van der Waals surface area (Å²) in [5, 5.41) is 19.1. The van der Waals surface area contributed by atoms with Gasteiger partial charge in [0.15, 0.2) is 0 Å². The number of alkyl carbamates (subject to hydrolysis) is 1. The maximum Gasteiger partial charge on any atom is 0.408 e. The van der Waals surface area contributed by atoms with E-state index in [0.717, 1.165) is 5.56 Å². The third-order valence-corrected chi connectivity index (χ3v) is 5.14. The maximum absolute atomic E-state index is 12.9. The molecule has 4 amide bonds. The predicted molar refractivity (Wildman–Crippen MR) is 128 cm³/mol. The molecule has 0 unspecified atom stereocenters. The Morgan fingerprint density at radius 1 is 0.657 bits per heavy atom. The van der Waals surface area contributed by atoms with Gasteiger partial charge in [-0.1, -0.05) is 30.3 Å². The van der Waals surface area contributed by atoms with Gasteiger partial charge in [0.2, 0.25) is 17.7 Å². The van der Waals surface area contributed by atoms with Crippen LogP contribution in [-0.2, 0) is 30.5 Å². The van der Waals surface area contributed by atoms with Crippen LogP contribution in [0.3, 0.4) is 0 Å². The number of rotatable bonds is 10. The zero-order chi connectivity index (χ0) is 27.2. The Balaban J connectivity index is 2.76. The molecule has 0 fully saturated rings. The minimum Gasteiger partial charge on any atom is -0.480 e. The molecule has 0 atom stereocenters. The van der Waals surface area contributed by atoms with Gasteiger partial charge in [-0.15, -0.1) is 0 Å². The predicted octanol–water partition coefficient (Wildman–Crippen LogP) is 1.46. The highest BCUT2D eigenvalue weighted by molar-refractivity contribution is 5.99. The van der Waals surface area contributed by atoms with Gasteiger partial charge in [-0.3, -0.25) is 14.4 Å². The van der Waals surface area contributed by atoms with Crippen molar-refractivity contribution < 1.29 is 33.8 Å².